The number of carboxylic acids is 1. The van der Waals surface area contributed by atoms with Crippen LogP contribution in [0.2, 0.25) is 0 Å². The molecule has 7 heteroatoms. The first-order chi connectivity index (χ1) is 7.10. The van der Waals surface area contributed by atoms with E-state index in [2.05, 4.69) is 0 Å². The van der Waals surface area contributed by atoms with Crippen molar-refractivity contribution in [2.45, 2.75) is 19.4 Å². The van der Waals surface area contributed by atoms with E-state index in [-0.39, 0.29) is 6.54 Å². The average molecular weight is 231 g/mol. The molecule has 0 rings (SSSR count). The Hall–Kier alpha value is -1.79. The monoisotopic (exact) mass is 231 g/mol. The van der Waals surface area contributed by atoms with Gasteiger partial charge in [-0.3, -0.25) is 4.79 Å². The van der Waals surface area contributed by atoms with Crippen LogP contribution in [0.15, 0.2) is 0 Å². The first kappa shape index (κ1) is 14.2. The maximum atomic E-state index is 11.7. The lowest BCUT2D eigenvalue weighted by Gasteiger charge is -2.34. The summed E-state index contributed by atoms with van der Waals surface area (Å²) in [5.74, 6) is -1.78. The third kappa shape index (κ3) is 3.11. The molecule has 0 heterocycles. The lowest BCUT2D eigenvalue weighted by atomic mass is 10.0. The van der Waals surface area contributed by atoms with Crippen molar-refractivity contribution >= 4 is 17.9 Å². The number of rotatable bonds is 4. The highest BCUT2D eigenvalue weighted by Gasteiger charge is 2.36. The highest BCUT2D eigenvalue weighted by atomic mass is 16.4. The minimum Gasteiger partial charge on any atom is -0.480 e. The molecule has 0 aromatic heterocycles. The summed E-state index contributed by atoms with van der Waals surface area (Å²) >= 11 is 0. The Labute approximate surface area is 93.8 Å². The van der Waals surface area contributed by atoms with E-state index in [1.165, 1.54) is 27.9 Å². The van der Waals surface area contributed by atoms with Crippen LogP contribution in [0.5, 0.6) is 0 Å². The van der Waals surface area contributed by atoms with E-state index in [0.29, 0.717) is 0 Å². The fraction of sp³-hybridized carbons (Fsp3) is 0.667. The molecule has 3 amide bonds. The molecule has 0 aromatic carbocycles. The van der Waals surface area contributed by atoms with E-state index in [1.54, 1.807) is 0 Å². The topological polar surface area (TPSA) is 104 Å². The Balaban J connectivity index is 4.74. The van der Waals surface area contributed by atoms with Gasteiger partial charge in [-0.25, -0.2) is 9.59 Å². The van der Waals surface area contributed by atoms with E-state index in [4.69, 9.17) is 10.8 Å². The van der Waals surface area contributed by atoms with E-state index in [0.717, 1.165) is 9.80 Å². The van der Waals surface area contributed by atoms with Gasteiger partial charge in [0.15, 0.2) is 0 Å². The van der Waals surface area contributed by atoms with Gasteiger partial charge in [0.05, 0.1) is 0 Å². The number of hydrogen-bond donors (Lipinski definition) is 2. The standard InChI is InChI=1S/C9H17N3O4/c1-9(2,7(14)15)12(4)8(16)11(3)5-6(10)13/h5H2,1-4H3,(H2,10,13)(H,14,15). The van der Waals surface area contributed by atoms with Crippen molar-refractivity contribution in [2.75, 3.05) is 20.6 Å². The van der Waals surface area contributed by atoms with Crippen LogP contribution < -0.4 is 5.73 Å². The zero-order valence-corrected chi connectivity index (χ0v) is 9.85. The molecule has 7 nitrogen and oxygen atoms in total. The molecule has 0 saturated carbocycles. The van der Waals surface area contributed by atoms with Crippen molar-refractivity contribution < 1.29 is 19.5 Å². The Morgan fingerprint density at radius 3 is 2.00 bits per heavy atom. The van der Waals surface area contributed by atoms with Crippen molar-refractivity contribution in [1.82, 2.24) is 9.80 Å². The first-order valence-electron chi connectivity index (χ1n) is 4.61. The van der Waals surface area contributed by atoms with Crippen molar-refractivity contribution in [3.63, 3.8) is 0 Å². The number of nitrogens with two attached hydrogens (primary N) is 1. The summed E-state index contributed by atoms with van der Waals surface area (Å²) in [5, 5.41) is 8.92. The Bertz CT molecular complexity index is 314. The van der Waals surface area contributed by atoms with Gasteiger partial charge >= 0.3 is 12.0 Å². The minimum atomic E-state index is -1.34. The number of hydrogen-bond acceptors (Lipinski definition) is 3. The highest BCUT2D eigenvalue weighted by Crippen LogP contribution is 2.14. The van der Waals surface area contributed by atoms with Crippen molar-refractivity contribution in [2.24, 2.45) is 5.73 Å². The van der Waals surface area contributed by atoms with Crippen molar-refractivity contribution in [1.29, 1.82) is 0 Å². The van der Waals surface area contributed by atoms with Crippen LogP contribution in [0.25, 0.3) is 0 Å². The van der Waals surface area contributed by atoms with Gasteiger partial charge in [0.1, 0.15) is 12.1 Å². The maximum Gasteiger partial charge on any atom is 0.329 e. The number of carbonyl (C=O) groups is 3. The second-order valence-corrected chi connectivity index (χ2v) is 4.03. The Kier molecular flexibility index (Phi) is 4.28. The zero-order valence-electron chi connectivity index (χ0n) is 9.85. The van der Waals surface area contributed by atoms with Gasteiger partial charge in [-0.2, -0.15) is 0 Å². The third-order valence-electron chi connectivity index (χ3n) is 2.37. The number of likely N-dealkylation sites (N-methyl/N-ethyl adjacent to an activating group) is 2. The number of carboxylic acid groups (broad SMARTS) is 1. The molecule has 92 valence electrons. The molecule has 16 heavy (non-hydrogen) atoms. The molecule has 0 atom stereocenters. The number of urea groups is 1. The smallest absolute Gasteiger partial charge is 0.329 e. The Morgan fingerprint density at radius 1 is 1.25 bits per heavy atom. The van der Waals surface area contributed by atoms with Gasteiger partial charge in [0.2, 0.25) is 5.91 Å². The number of carbonyl (C=O) groups excluding carboxylic acids is 2. The van der Waals surface area contributed by atoms with Crippen LogP contribution in [0, 0.1) is 0 Å². The molecule has 0 unspecified atom stereocenters. The summed E-state index contributed by atoms with van der Waals surface area (Å²) in [7, 11) is 2.73. The molecule has 0 saturated heterocycles. The number of nitrogens with zero attached hydrogens (tertiary/aromatic N) is 2. The van der Waals surface area contributed by atoms with Gasteiger partial charge in [-0.1, -0.05) is 0 Å². The van der Waals surface area contributed by atoms with Gasteiger partial charge < -0.3 is 20.6 Å². The van der Waals surface area contributed by atoms with Crippen LogP contribution in [0.4, 0.5) is 4.79 Å². The summed E-state index contributed by atoms with van der Waals surface area (Å²) in [6.07, 6.45) is 0. The molecule has 0 aromatic rings. The van der Waals surface area contributed by atoms with Gasteiger partial charge in [0.25, 0.3) is 0 Å². The quantitative estimate of drug-likeness (QED) is 0.668. The summed E-state index contributed by atoms with van der Waals surface area (Å²) in [5.41, 5.74) is 3.59. The summed E-state index contributed by atoms with van der Waals surface area (Å²) in [4.78, 5) is 35.3. The SMILES string of the molecule is CN(CC(N)=O)C(=O)N(C)C(C)(C)C(=O)O. The molecule has 0 aliphatic rings. The minimum absolute atomic E-state index is 0.251. The molecular weight excluding hydrogens is 214 g/mol. The van der Waals surface area contributed by atoms with E-state index in [9.17, 15) is 14.4 Å². The molecule has 0 aliphatic carbocycles. The van der Waals surface area contributed by atoms with E-state index >= 15 is 0 Å². The average Bonchev–Trinajstić information content (AvgIpc) is 2.13. The van der Waals surface area contributed by atoms with Crippen LogP contribution in [0.3, 0.4) is 0 Å². The summed E-state index contributed by atoms with van der Waals surface area (Å²) in [6, 6.07) is -0.578. The molecule has 0 radical (unpaired) electrons. The molecule has 0 fully saturated rings. The fourth-order valence-electron chi connectivity index (χ4n) is 0.940. The predicted molar refractivity (Wildman–Crippen MR) is 56.7 cm³/mol. The maximum absolute atomic E-state index is 11.7. The van der Waals surface area contributed by atoms with Crippen LogP contribution in [-0.2, 0) is 9.59 Å². The second kappa shape index (κ2) is 4.82. The first-order valence-corrected chi connectivity index (χ1v) is 4.61. The highest BCUT2D eigenvalue weighted by molar-refractivity contribution is 5.87. The lowest BCUT2D eigenvalue weighted by Crippen LogP contribution is -2.55. The molecular formula is C9H17N3O4. The van der Waals surface area contributed by atoms with E-state index < -0.39 is 23.4 Å². The number of aliphatic carboxylic acids is 1. The normalized spacial score (nSPS) is 10.8. The molecule has 0 spiro atoms. The number of primary amides is 1. The van der Waals surface area contributed by atoms with Crippen molar-refractivity contribution in [3.8, 4) is 0 Å². The van der Waals surface area contributed by atoms with Crippen LogP contribution in [-0.4, -0.2) is 59.0 Å². The van der Waals surface area contributed by atoms with Crippen molar-refractivity contribution in [3.05, 3.63) is 0 Å². The summed E-state index contributed by atoms with van der Waals surface area (Å²) in [6.45, 7) is 2.54. The van der Waals surface area contributed by atoms with Crippen LogP contribution >= 0.6 is 0 Å². The molecule has 0 bridgehead atoms. The second-order valence-electron chi connectivity index (χ2n) is 4.03. The predicted octanol–water partition coefficient (Wildman–Crippen LogP) is -0.681. The molecule has 0 aliphatic heterocycles. The Morgan fingerprint density at radius 2 is 1.69 bits per heavy atom. The van der Waals surface area contributed by atoms with Crippen LogP contribution in [0.1, 0.15) is 13.8 Å². The molecule has 3 N–H and O–H groups in total. The third-order valence-corrected chi connectivity index (χ3v) is 2.37. The van der Waals surface area contributed by atoms with Gasteiger partial charge in [0, 0.05) is 14.1 Å². The largest absolute Gasteiger partial charge is 0.480 e. The van der Waals surface area contributed by atoms with E-state index in [1.807, 2.05) is 0 Å². The van der Waals surface area contributed by atoms with Gasteiger partial charge in [-0.15, -0.1) is 0 Å². The summed E-state index contributed by atoms with van der Waals surface area (Å²) < 4.78 is 0. The lowest BCUT2D eigenvalue weighted by molar-refractivity contribution is -0.147. The number of amides is 3. The zero-order chi connectivity index (χ0) is 13.1. The van der Waals surface area contributed by atoms with Gasteiger partial charge in [-0.05, 0) is 13.8 Å². The fourth-order valence-corrected chi connectivity index (χ4v) is 0.940.